The number of nitrogens with one attached hydrogen (secondary N) is 1. The molecule has 2 amide bonds. The van der Waals surface area contributed by atoms with Crippen LogP contribution in [0, 0.1) is 12.8 Å². The molecule has 0 unspecified atom stereocenters. The number of carbonyl (C=O) groups is 1. The van der Waals surface area contributed by atoms with Gasteiger partial charge in [0, 0.05) is 12.1 Å². The molecule has 1 heterocycles. The Balaban J connectivity index is 2.03. The predicted octanol–water partition coefficient (Wildman–Crippen LogP) is 5.95. The molecule has 1 aromatic heterocycles. The summed E-state index contributed by atoms with van der Waals surface area (Å²) in [5, 5.41) is 7.88. The Hall–Kier alpha value is -3.48. The monoisotopic (exact) mass is 464 g/mol. The topological polar surface area (TPSA) is 68.6 Å². The van der Waals surface area contributed by atoms with E-state index in [9.17, 15) is 4.79 Å². The van der Waals surface area contributed by atoms with Gasteiger partial charge in [0.2, 0.25) is 5.88 Å². The van der Waals surface area contributed by atoms with E-state index in [0.717, 1.165) is 22.7 Å². The average Bonchev–Trinajstić information content (AvgIpc) is 3.08. The summed E-state index contributed by atoms with van der Waals surface area (Å²) in [6.45, 7) is 13.1. The number of rotatable bonds is 8. The number of aromatic nitrogens is 2. The fourth-order valence-electron chi connectivity index (χ4n) is 3.58. The van der Waals surface area contributed by atoms with Gasteiger partial charge in [-0.2, -0.15) is 5.10 Å². The number of hydrogen-bond acceptors (Lipinski definition) is 4. The van der Waals surface area contributed by atoms with Gasteiger partial charge < -0.3 is 19.7 Å². The lowest BCUT2D eigenvalue weighted by molar-refractivity contribution is 0.178. The van der Waals surface area contributed by atoms with Gasteiger partial charge in [-0.3, -0.25) is 0 Å². The Kier molecular flexibility index (Phi) is 7.87. The molecule has 7 nitrogen and oxygen atoms in total. The first-order valence-corrected chi connectivity index (χ1v) is 11.6. The van der Waals surface area contributed by atoms with Gasteiger partial charge in [0.25, 0.3) is 0 Å². The maximum atomic E-state index is 13.2. The minimum Gasteiger partial charge on any atom is -0.497 e. The van der Waals surface area contributed by atoms with Gasteiger partial charge >= 0.3 is 6.03 Å². The predicted molar refractivity (Wildman–Crippen MR) is 135 cm³/mol. The van der Waals surface area contributed by atoms with Crippen molar-refractivity contribution in [3.8, 4) is 23.1 Å². The number of urea groups is 1. The third-order valence-corrected chi connectivity index (χ3v) is 5.12. The maximum absolute atomic E-state index is 13.2. The van der Waals surface area contributed by atoms with Gasteiger partial charge in [-0.15, -0.1) is 0 Å². The van der Waals surface area contributed by atoms with Crippen LogP contribution in [0.5, 0.6) is 17.4 Å². The highest BCUT2D eigenvalue weighted by Crippen LogP contribution is 2.32. The highest BCUT2D eigenvalue weighted by Gasteiger charge is 2.26. The first-order chi connectivity index (χ1) is 16.1. The van der Waals surface area contributed by atoms with E-state index in [1.807, 2.05) is 87.2 Å². The van der Waals surface area contributed by atoms with Crippen LogP contribution in [0.25, 0.3) is 5.69 Å². The number of hydrogen-bond donors (Lipinski definition) is 1. The summed E-state index contributed by atoms with van der Waals surface area (Å²) in [7, 11) is 1.63. The van der Waals surface area contributed by atoms with Crippen LogP contribution in [-0.2, 0) is 6.54 Å². The van der Waals surface area contributed by atoms with Gasteiger partial charge in [-0.1, -0.05) is 32.0 Å². The molecular weight excluding hydrogens is 428 g/mol. The van der Waals surface area contributed by atoms with Crippen molar-refractivity contribution in [1.82, 2.24) is 20.0 Å². The largest absolute Gasteiger partial charge is 0.497 e. The lowest BCUT2D eigenvalue weighted by Gasteiger charge is -2.29. The summed E-state index contributed by atoms with van der Waals surface area (Å²) >= 11 is 0. The van der Waals surface area contributed by atoms with E-state index < -0.39 is 0 Å². The van der Waals surface area contributed by atoms with Crippen LogP contribution < -0.4 is 14.8 Å². The van der Waals surface area contributed by atoms with Gasteiger partial charge in [0.15, 0.2) is 0 Å². The van der Waals surface area contributed by atoms with E-state index in [0.29, 0.717) is 30.6 Å². The summed E-state index contributed by atoms with van der Waals surface area (Å²) in [5.74, 6) is 2.31. The summed E-state index contributed by atoms with van der Waals surface area (Å²) in [6, 6.07) is 17.2. The van der Waals surface area contributed by atoms with E-state index >= 15 is 0 Å². The van der Waals surface area contributed by atoms with Gasteiger partial charge in [0.05, 0.1) is 30.6 Å². The van der Waals surface area contributed by atoms with Crippen molar-refractivity contribution in [2.45, 2.75) is 53.6 Å². The van der Waals surface area contributed by atoms with Crippen LogP contribution in [0.1, 0.15) is 45.9 Å². The minimum absolute atomic E-state index is 0.108. The molecule has 1 N–H and O–H groups in total. The van der Waals surface area contributed by atoms with Crippen LogP contribution in [0.4, 0.5) is 4.79 Å². The molecule has 0 aliphatic rings. The van der Waals surface area contributed by atoms with Gasteiger partial charge in [-0.05, 0) is 70.0 Å². The number of methoxy groups -OCH3 is 1. The zero-order valence-corrected chi connectivity index (χ0v) is 21.3. The Morgan fingerprint density at radius 1 is 1.06 bits per heavy atom. The average molecular weight is 465 g/mol. The molecule has 7 heteroatoms. The first-order valence-electron chi connectivity index (χ1n) is 11.6. The summed E-state index contributed by atoms with van der Waals surface area (Å²) in [4.78, 5) is 15.0. The summed E-state index contributed by atoms with van der Waals surface area (Å²) in [5.41, 5.74) is 2.22. The molecule has 0 atom stereocenters. The van der Waals surface area contributed by atoms with E-state index in [-0.39, 0.29) is 11.6 Å². The number of amides is 2. The standard InChI is InChI=1S/C27H36N4O3/c1-19(2)17-30(26(32)28-27(4,5)6)18-24-20(3)29-31(21-11-9-8-10-12-21)25(24)34-23-15-13-22(33-7)14-16-23/h8-16,19H,17-18H2,1-7H3,(H,28,32). The highest BCUT2D eigenvalue weighted by atomic mass is 16.5. The molecule has 0 saturated heterocycles. The Morgan fingerprint density at radius 2 is 1.68 bits per heavy atom. The van der Waals surface area contributed by atoms with Crippen molar-refractivity contribution >= 4 is 6.03 Å². The molecule has 3 aromatic rings. The van der Waals surface area contributed by atoms with Crippen molar-refractivity contribution in [3.63, 3.8) is 0 Å². The fourth-order valence-corrected chi connectivity index (χ4v) is 3.58. The van der Waals surface area contributed by atoms with Gasteiger partial charge in [-0.25, -0.2) is 9.48 Å². The van der Waals surface area contributed by atoms with Crippen molar-refractivity contribution in [2.75, 3.05) is 13.7 Å². The van der Waals surface area contributed by atoms with Crippen molar-refractivity contribution in [2.24, 2.45) is 5.92 Å². The summed E-state index contributed by atoms with van der Waals surface area (Å²) in [6.07, 6.45) is 0. The fraction of sp³-hybridized carbons (Fsp3) is 0.407. The van der Waals surface area contributed by atoms with E-state index in [2.05, 4.69) is 19.2 Å². The third-order valence-electron chi connectivity index (χ3n) is 5.12. The van der Waals surface area contributed by atoms with Crippen LogP contribution >= 0.6 is 0 Å². The van der Waals surface area contributed by atoms with Gasteiger partial charge in [0.1, 0.15) is 11.5 Å². The number of benzene rings is 2. The molecule has 0 bridgehead atoms. The molecule has 34 heavy (non-hydrogen) atoms. The van der Waals surface area contributed by atoms with Crippen molar-refractivity contribution in [3.05, 3.63) is 65.9 Å². The Labute approximate surface area is 202 Å². The molecule has 0 aliphatic heterocycles. The van der Waals surface area contributed by atoms with Crippen LogP contribution in [0.2, 0.25) is 0 Å². The molecule has 182 valence electrons. The molecule has 0 radical (unpaired) electrons. The third kappa shape index (κ3) is 6.53. The zero-order valence-electron chi connectivity index (χ0n) is 21.3. The zero-order chi connectivity index (χ0) is 24.9. The summed E-state index contributed by atoms with van der Waals surface area (Å²) < 4.78 is 13.5. The smallest absolute Gasteiger partial charge is 0.318 e. The SMILES string of the molecule is COc1ccc(Oc2c(CN(CC(C)C)C(=O)NC(C)(C)C)c(C)nn2-c2ccccc2)cc1. The normalized spacial score (nSPS) is 11.4. The van der Waals surface area contributed by atoms with Crippen molar-refractivity contribution < 1.29 is 14.3 Å². The Bertz CT molecular complexity index is 1080. The molecule has 0 aliphatic carbocycles. The lowest BCUT2D eigenvalue weighted by Crippen LogP contribution is -2.49. The van der Waals surface area contributed by atoms with Crippen LogP contribution in [0.3, 0.4) is 0 Å². The van der Waals surface area contributed by atoms with Crippen LogP contribution in [-0.4, -0.2) is 39.9 Å². The Morgan fingerprint density at radius 3 is 2.24 bits per heavy atom. The second-order valence-corrected chi connectivity index (χ2v) is 9.85. The quantitative estimate of drug-likeness (QED) is 0.447. The number of para-hydroxylation sites is 1. The maximum Gasteiger partial charge on any atom is 0.318 e. The second-order valence-electron chi connectivity index (χ2n) is 9.85. The first kappa shape index (κ1) is 25.1. The lowest BCUT2D eigenvalue weighted by atomic mass is 10.1. The molecule has 0 saturated carbocycles. The number of carbonyl (C=O) groups excluding carboxylic acids is 1. The molecule has 0 spiro atoms. The van der Waals surface area contributed by atoms with E-state index in [4.69, 9.17) is 14.6 Å². The number of aryl methyl sites for hydroxylation is 1. The van der Waals surface area contributed by atoms with E-state index in [1.165, 1.54) is 0 Å². The van der Waals surface area contributed by atoms with Crippen molar-refractivity contribution in [1.29, 1.82) is 0 Å². The van der Waals surface area contributed by atoms with E-state index in [1.54, 1.807) is 11.8 Å². The highest BCUT2D eigenvalue weighted by molar-refractivity contribution is 5.75. The molecule has 3 rings (SSSR count). The second kappa shape index (κ2) is 10.6. The molecule has 0 fully saturated rings. The minimum atomic E-state index is -0.335. The number of nitrogens with zero attached hydrogens (tertiary/aromatic N) is 3. The molecule has 2 aromatic carbocycles. The van der Waals surface area contributed by atoms with Crippen LogP contribution in [0.15, 0.2) is 54.6 Å². The number of ether oxygens (including phenoxy) is 2. The molecular formula is C27H36N4O3.